The molecule has 1 amide bonds. The molecule has 104 valence electrons. The average Bonchev–Trinajstić information content (AvgIpc) is 3.06. The third-order valence-electron chi connectivity index (χ3n) is 3.53. The SMILES string of the molecule is Cc1cc(C2CCCN2C(=O)c2ncccc2N)on1. The molecule has 6 heteroatoms. The molecule has 1 aliphatic heterocycles. The van der Waals surface area contributed by atoms with Crippen molar-refractivity contribution in [3.05, 3.63) is 41.5 Å². The highest BCUT2D eigenvalue weighted by molar-refractivity contribution is 5.97. The van der Waals surface area contributed by atoms with Crippen LogP contribution in [0.4, 0.5) is 5.69 Å². The van der Waals surface area contributed by atoms with E-state index in [4.69, 9.17) is 10.3 Å². The molecule has 1 atom stereocenters. The molecule has 2 N–H and O–H groups in total. The second kappa shape index (κ2) is 4.96. The third kappa shape index (κ3) is 2.13. The number of likely N-dealkylation sites (tertiary alicyclic amines) is 1. The second-order valence-corrected chi connectivity index (χ2v) is 4.97. The summed E-state index contributed by atoms with van der Waals surface area (Å²) in [6, 6.07) is 5.19. The van der Waals surface area contributed by atoms with Gasteiger partial charge in [0.2, 0.25) is 0 Å². The molecule has 1 aliphatic rings. The quantitative estimate of drug-likeness (QED) is 0.903. The number of carbonyl (C=O) groups excluding carboxylic acids is 1. The Balaban J connectivity index is 1.89. The monoisotopic (exact) mass is 272 g/mol. The highest BCUT2D eigenvalue weighted by atomic mass is 16.5. The minimum atomic E-state index is -0.153. The summed E-state index contributed by atoms with van der Waals surface area (Å²) in [6.07, 6.45) is 3.38. The number of carbonyl (C=O) groups is 1. The maximum atomic E-state index is 12.6. The average molecular weight is 272 g/mol. The first-order valence-corrected chi connectivity index (χ1v) is 6.61. The van der Waals surface area contributed by atoms with Crippen molar-refractivity contribution in [2.45, 2.75) is 25.8 Å². The van der Waals surface area contributed by atoms with Crippen LogP contribution in [0.5, 0.6) is 0 Å². The van der Waals surface area contributed by atoms with Crippen LogP contribution >= 0.6 is 0 Å². The highest BCUT2D eigenvalue weighted by Gasteiger charge is 2.34. The standard InChI is InChI=1S/C14H16N4O2/c1-9-8-12(20-17-9)11-5-3-7-18(11)14(19)13-10(15)4-2-6-16-13/h2,4,6,8,11H,3,5,7,15H2,1H3. The number of pyridine rings is 1. The van der Waals surface area contributed by atoms with Crippen molar-refractivity contribution >= 4 is 11.6 Å². The summed E-state index contributed by atoms with van der Waals surface area (Å²) in [5.74, 6) is 0.572. The van der Waals surface area contributed by atoms with E-state index in [9.17, 15) is 4.79 Å². The third-order valence-corrected chi connectivity index (χ3v) is 3.53. The maximum Gasteiger partial charge on any atom is 0.275 e. The molecule has 3 rings (SSSR count). The van der Waals surface area contributed by atoms with Gasteiger partial charge in [0.1, 0.15) is 0 Å². The van der Waals surface area contributed by atoms with E-state index in [1.165, 1.54) is 0 Å². The molecular formula is C14H16N4O2. The first kappa shape index (κ1) is 12.7. The van der Waals surface area contributed by atoms with Crippen LogP contribution in [0.2, 0.25) is 0 Å². The molecule has 2 aromatic heterocycles. The lowest BCUT2D eigenvalue weighted by atomic mass is 10.1. The fourth-order valence-electron chi connectivity index (χ4n) is 2.58. The lowest BCUT2D eigenvalue weighted by Gasteiger charge is -2.22. The van der Waals surface area contributed by atoms with E-state index in [0.29, 0.717) is 17.9 Å². The van der Waals surface area contributed by atoms with Crippen LogP contribution in [0.15, 0.2) is 28.9 Å². The maximum absolute atomic E-state index is 12.6. The molecule has 0 aliphatic carbocycles. The van der Waals surface area contributed by atoms with Gasteiger partial charge in [-0.15, -0.1) is 0 Å². The van der Waals surface area contributed by atoms with Crippen LogP contribution in [0.3, 0.4) is 0 Å². The zero-order chi connectivity index (χ0) is 14.1. The largest absolute Gasteiger partial charge is 0.397 e. The Kier molecular flexibility index (Phi) is 3.14. The summed E-state index contributed by atoms with van der Waals surface area (Å²) in [7, 11) is 0. The zero-order valence-electron chi connectivity index (χ0n) is 11.2. The summed E-state index contributed by atoms with van der Waals surface area (Å²) in [5.41, 5.74) is 7.35. The molecule has 6 nitrogen and oxygen atoms in total. The summed E-state index contributed by atoms with van der Waals surface area (Å²) in [4.78, 5) is 18.4. The molecule has 3 heterocycles. The summed E-state index contributed by atoms with van der Waals surface area (Å²) >= 11 is 0. The summed E-state index contributed by atoms with van der Waals surface area (Å²) < 4.78 is 5.30. The number of amides is 1. The normalized spacial score (nSPS) is 18.4. The van der Waals surface area contributed by atoms with Crippen LogP contribution < -0.4 is 5.73 Å². The van der Waals surface area contributed by atoms with Gasteiger partial charge in [-0.1, -0.05) is 5.16 Å². The van der Waals surface area contributed by atoms with Crippen molar-refractivity contribution in [3.63, 3.8) is 0 Å². The first-order chi connectivity index (χ1) is 9.66. The zero-order valence-corrected chi connectivity index (χ0v) is 11.2. The Hall–Kier alpha value is -2.37. The van der Waals surface area contributed by atoms with Crippen molar-refractivity contribution in [2.24, 2.45) is 0 Å². The topological polar surface area (TPSA) is 85.2 Å². The number of aromatic nitrogens is 2. The van der Waals surface area contributed by atoms with Crippen molar-refractivity contribution < 1.29 is 9.32 Å². The van der Waals surface area contributed by atoms with E-state index >= 15 is 0 Å². The minimum Gasteiger partial charge on any atom is -0.397 e. The lowest BCUT2D eigenvalue weighted by Crippen LogP contribution is -2.31. The predicted octanol–water partition coefficient (Wildman–Crippen LogP) is 1.94. The number of hydrogen-bond donors (Lipinski definition) is 1. The van der Waals surface area contributed by atoms with Crippen molar-refractivity contribution in [3.8, 4) is 0 Å². The fraction of sp³-hybridized carbons (Fsp3) is 0.357. The lowest BCUT2D eigenvalue weighted by molar-refractivity contribution is 0.0710. The van der Waals surface area contributed by atoms with Gasteiger partial charge >= 0.3 is 0 Å². The Bertz CT molecular complexity index is 638. The van der Waals surface area contributed by atoms with Gasteiger partial charge in [0.05, 0.1) is 17.4 Å². The number of anilines is 1. The van der Waals surface area contributed by atoms with Gasteiger partial charge in [-0.3, -0.25) is 4.79 Å². The van der Waals surface area contributed by atoms with Crippen LogP contribution in [-0.2, 0) is 0 Å². The van der Waals surface area contributed by atoms with Crippen LogP contribution in [-0.4, -0.2) is 27.5 Å². The number of rotatable bonds is 2. The van der Waals surface area contributed by atoms with Crippen molar-refractivity contribution in [1.82, 2.24) is 15.0 Å². The Labute approximate surface area is 116 Å². The number of nitrogens with zero attached hydrogens (tertiary/aromatic N) is 3. The first-order valence-electron chi connectivity index (χ1n) is 6.61. The number of nitrogen functional groups attached to an aromatic ring is 1. The van der Waals surface area contributed by atoms with E-state index in [2.05, 4.69) is 10.1 Å². The van der Waals surface area contributed by atoms with Gasteiger partial charge in [-0.2, -0.15) is 0 Å². The molecular weight excluding hydrogens is 256 g/mol. The smallest absolute Gasteiger partial charge is 0.275 e. The Morgan fingerprint density at radius 2 is 2.40 bits per heavy atom. The molecule has 0 radical (unpaired) electrons. The summed E-state index contributed by atoms with van der Waals surface area (Å²) in [6.45, 7) is 2.55. The van der Waals surface area contributed by atoms with Gasteiger partial charge in [0, 0.05) is 18.8 Å². The van der Waals surface area contributed by atoms with Crippen LogP contribution in [0.1, 0.15) is 40.8 Å². The molecule has 1 saturated heterocycles. The number of aryl methyl sites for hydroxylation is 1. The van der Waals surface area contributed by atoms with E-state index in [0.717, 1.165) is 24.3 Å². The Morgan fingerprint density at radius 1 is 1.55 bits per heavy atom. The van der Waals surface area contributed by atoms with Crippen molar-refractivity contribution in [2.75, 3.05) is 12.3 Å². The molecule has 0 spiro atoms. The molecule has 1 unspecified atom stereocenters. The van der Waals surface area contributed by atoms with Gasteiger partial charge in [-0.05, 0) is 31.9 Å². The molecule has 0 saturated carbocycles. The van der Waals surface area contributed by atoms with Gasteiger partial charge in [0.15, 0.2) is 11.5 Å². The highest BCUT2D eigenvalue weighted by Crippen LogP contribution is 2.33. The molecule has 2 aromatic rings. The van der Waals surface area contributed by atoms with Gasteiger partial charge in [0.25, 0.3) is 5.91 Å². The van der Waals surface area contributed by atoms with E-state index in [1.54, 1.807) is 23.2 Å². The van der Waals surface area contributed by atoms with E-state index in [-0.39, 0.29) is 11.9 Å². The second-order valence-electron chi connectivity index (χ2n) is 4.97. The van der Waals surface area contributed by atoms with E-state index in [1.807, 2.05) is 13.0 Å². The Morgan fingerprint density at radius 3 is 3.10 bits per heavy atom. The predicted molar refractivity (Wildman–Crippen MR) is 72.9 cm³/mol. The fourth-order valence-corrected chi connectivity index (χ4v) is 2.58. The number of hydrogen-bond acceptors (Lipinski definition) is 5. The molecule has 0 bridgehead atoms. The van der Waals surface area contributed by atoms with Gasteiger partial charge in [-0.25, -0.2) is 4.98 Å². The minimum absolute atomic E-state index is 0.0786. The van der Waals surface area contributed by atoms with Gasteiger partial charge < -0.3 is 15.2 Å². The summed E-state index contributed by atoms with van der Waals surface area (Å²) in [5, 5.41) is 3.89. The van der Waals surface area contributed by atoms with E-state index < -0.39 is 0 Å². The molecule has 20 heavy (non-hydrogen) atoms. The number of nitrogens with two attached hydrogens (primary N) is 1. The van der Waals surface area contributed by atoms with Crippen molar-refractivity contribution in [1.29, 1.82) is 0 Å². The van der Waals surface area contributed by atoms with Crippen LogP contribution in [0, 0.1) is 6.92 Å². The molecule has 1 fully saturated rings. The van der Waals surface area contributed by atoms with Crippen LogP contribution in [0.25, 0.3) is 0 Å². The molecule has 0 aromatic carbocycles.